The Morgan fingerprint density at radius 2 is 1.59 bits per heavy atom. The largest absolute Gasteiger partial charge is 0.484 e. The molecule has 4 heteroatoms. The second kappa shape index (κ2) is 8.28. The smallest absolute Gasteiger partial charge is 0.147 e. The van der Waals surface area contributed by atoms with Crippen molar-refractivity contribution >= 4 is 22.6 Å². The predicted octanol–water partition coefficient (Wildman–Crippen LogP) is 5.90. The first-order valence-corrected chi connectivity index (χ1v) is 9.54. The van der Waals surface area contributed by atoms with Crippen LogP contribution in [0.2, 0.25) is 5.02 Å². The standard InChI is InChI=1S/C23H21ClN2O/c24-19-12-4-7-15-22(19)27-17-23-25-20-13-5-6-14-21(20)26(23)16-8-11-18-9-2-1-3-10-18/h1-7,9-10,12-15H,8,11,16-17H2. The Bertz CT molecular complexity index is 1030. The normalized spacial score (nSPS) is 11.0. The topological polar surface area (TPSA) is 27.1 Å². The van der Waals surface area contributed by atoms with E-state index in [0.717, 1.165) is 36.2 Å². The first-order chi connectivity index (χ1) is 13.3. The Labute approximate surface area is 164 Å². The van der Waals surface area contributed by atoms with E-state index in [1.165, 1.54) is 5.56 Å². The van der Waals surface area contributed by atoms with Gasteiger partial charge in [-0.3, -0.25) is 0 Å². The van der Waals surface area contributed by atoms with Gasteiger partial charge in [-0.05, 0) is 42.7 Å². The van der Waals surface area contributed by atoms with Gasteiger partial charge in [0.25, 0.3) is 0 Å². The molecule has 0 bridgehead atoms. The van der Waals surface area contributed by atoms with Gasteiger partial charge in [-0.25, -0.2) is 4.98 Å². The number of halogens is 1. The Kier molecular flexibility index (Phi) is 5.40. The predicted molar refractivity (Wildman–Crippen MR) is 110 cm³/mol. The summed E-state index contributed by atoms with van der Waals surface area (Å²) in [6.07, 6.45) is 2.08. The van der Waals surface area contributed by atoms with Crippen molar-refractivity contribution < 1.29 is 4.74 Å². The van der Waals surface area contributed by atoms with Gasteiger partial charge in [-0.1, -0.05) is 66.2 Å². The molecule has 3 aromatic carbocycles. The number of rotatable bonds is 7. The molecule has 0 saturated heterocycles. The Balaban J connectivity index is 1.53. The maximum atomic E-state index is 6.21. The highest BCUT2D eigenvalue weighted by Gasteiger charge is 2.11. The number of hydrogen-bond donors (Lipinski definition) is 0. The fourth-order valence-electron chi connectivity index (χ4n) is 3.28. The maximum Gasteiger partial charge on any atom is 0.147 e. The zero-order valence-corrected chi connectivity index (χ0v) is 15.8. The molecule has 1 aromatic heterocycles. The van der Waals surface area contributed by atoms with Gasteiger partial charge < -0.3 is 9.30 Å². The summed E-state index contributed by atoms with van der Waals surface area (Å²) in [6, 6.07) is 26.3. The summed E-state index contributed by atoms with van der Waals surface area (Å²) in [5.74, 6) is 1.60. The Morgan fingerprint density at radius 3 is 2.44 bits per heavy atom. The molecule has 0 aliphatic carbocycles. The van der Waals surface area contributed by atoms with Gasteiger partial charge in [0, 0.05) is 6.54 Å². The van der Waals surface area contributed by atoms with Gasteiger partial charge in [0.1, 0.15) is 18.2 Å². The number of aryl methyl sites for hydroxylation is 2. The summed E-state index contributed by atoms with van der Waals surface area (Å²) in [4.78, 5) is 4.78. The molecular weight excluding hydrogens is 356 g/mol. The maximum absolute atomic E-state index is 6.21. The SMILES string of the molecule is Clc1ccccc1OCc1nc2ccccc2n1CCCc1ccccc1. The lowest BCUT2D eigenvalue weighted by atomic mass is 10.1. The fraction of sp³-hybridized carbons (Fsp3) is 0.174. The molecule has 0 fully saturated rings. The molecule has 4 aromatic rings. The summed E-state index contributed by atoms with van der Waals surface area (Å²) in [6.45, 7) is 1.29. The third-order valence-electron chi connectivity index (χ3n) is 4.62. The molecule has 136 valence electrons. The zero-order chi connectivity index (χ0) is 18.5. The average Bonchev–Trinajstić information content (AvgIpc) is 3.06. The van der Waals surface area contributed by atoms with Crippen LogP contribution in [0.15, 0.2) is 78.9 Å². The molecule has 0 aliphatic heterocycles. The minimum absolute atomic E-state index is 0.393. The van der Waals surface area contributed by atoms with Crippen LogP contribution < -0.4 is 4.74 Å². The van der Waals surface area contributed by atoms with Crippen LogP contribution in [0.4, 0.5) is 0 Å². The minimum Gasteiger partial charge on any atom is -0.484 e. The van der Waals surface area contributed by atoms with E-state index in [0.29, 0.717) is 17.4 Å². The van der Waals surface area contributed by atoms with Gasteiger partial charge in [0.2, 0.25) is 0 Å². The zero-order valence-electron chi connectivity index (χ0n) is 15.0. The molecule has 0 spiro atoms. The van der Waals surface area contributed by atoms with E-state index < -0.39 is 0 Å². The van der Waals surface area contributed by atoms with E-state index in [2.05, 4.69) is 47.0 Å². The molecule has 27 heavy (non-hydrogen) atoms. The molecule has 0 unspecified atom stereocenters. The summed E-state index contributed by atoms with van der Waals surface area (Å²) < 4.78 is 8.20. The summed E-state index contributed by atoms with van der Waals surface area (Å²) in [7, 11) is 0. The van der Waals surface area contributed by atoms with Gasteiger partial charge in [-0.2, -0.15) is 0 Å². The lowest BCUT2D eigenvalue weighted by Gasteiger charge is -2.11. The van der Waals surface area contributed by atoms with Crippen molar-refractivity contribution in [3.05, 3.63) is 95.3 Å². The number of nitrogens with zero attached hydrogens (tertiary/aromatic N) is 2. The molecule has 0 radical (unpaired) electrons. The van der Waals surface area contributed by atoms with E-state index in [4.69, 9.17) is 21.3 Å². The van der Waals surface area contributed by atoms with Crippen LogP contribution in [0.1, 0.15) is 17.8 Å². The van der Waals surface area contributed by atoms with Crippen molar-refractivity contribution in [3.63, 3.8) is 0 Å². The van der Waals surface area contributed by atoms with Crippen LogP contribution in [-0.2, 0) is 19.6 Å². The highest BCUT2D eigenvalue weighted by Crippen LogP contribution is 2.25. The lowest BCUT2D eigenvalue weighted by Crippen LogP contribution is -2.08. The molecular formula is C23H21ClN2O. The fourth-order valence-corrected chi connectivity index (χ4v) is 3.47. The van der Waals surface area contributed by atoms with Gasteiger partial charge in [0.05, 0.1) is 16.1 Å². The van der Waals surface area contributed by atoms with E-state index in [-0.39, 0.29) is 0 Å². The number of ether oxygens (including phenoxy) is 1. The van der Waals surface area contributed by atoms with Crippen LogP contribution in [0, 0.1) is 0 Å². The van der Waals surface area contributed by atoms with Crippen molar-refractivity contribution in [2.24, 2.45) is 0 Å². The first kappa shape index (κ1) is 17.6. The first-order valence-electron chi connectivity index (χ1n) is 9.16. The highest BCUT2D eigenvalue weighted by atomic mass is 35.5. The second-order valence-electron chi connectivity index (χ2n) is 6.48. The second-order valence-corrected chi connectivity index (χ2v) is 6.88. The number of benzene rings is 3. The molecule has 0 saturated carbocycles. The van der Waals surface area contributed by atoms with Crippen LogP contribution in [0.5, 0.6) is 5.75 Å². The third-order valence-corrected chi connectivity index (χ3v) is 4.93. The molecule has 0 aliphatic rings. The van der Waals surface area contributed by atoms with Crippen LogP contribution in [0.3, 0.4) is 0 Å². The van der Waals surface area contributed by atoms with Crippen LogP contribution >= 0.6 is 11.6 Å². The minimum atomic E-state index is 0.393. The monoisotopic (exact) mass is 376 g/mol. The molecule has 0 atom stereocenters. The van der Waals surface area contributed by atoms with Crippen LogP contribution in [0.25, 0.3) is 11.0 Å². The van der Waals surface area contributed by atoms with E-state index in [1.54, 1.807) is 0 Å². The summed E-state index contributed by atoms with van der Waals surface area (Å²) in [5, 5.41) is 0.615. The lowest BCUT2D eigenvalue weighted by molar-refractivity contribution is 0.290. The molecule has 0 amide bonds. The molecule has 3 nitrogen and oxygen atoms in total. The van der Waals surface area contributed by atoms with E-state index >= 15 is 0 Å². The number of fused-ring (bicyclic) bond motifs is 1. The van der Waals surface area contributed by atoms with Gasteiger partial charge >= 0.3 is 0 Å². The van der Waals surface area contributed by atoms with Crippen molar-refractivity contribution in [2.75, 3.05) is 0 Å². The van der Waals surface area contributed by atoms with Crippen molar-refractivity contribution in [2.45, 2.75) is 26.0 Å². The number of hydrogen-bond acceptors (Lipinski definition) is 2. The van der Waals surface area contributed by atoms with E-state index in [9.17, 15) is 0 Å². The molecule has 0 N–H and O–H groups in total. The average molecular weight is 377 g/mol. The Hall–Kier alpha value is -2.78. The third kappa shape index (κ3) is 4.15. The van der Waals surface area contributed by atoms with Crippen molar-refractivity contribution in [3.8, 4) is 5.75 Å². The number of imidazole rings is 1. The van der Waals surface area contributed by atoms with Gasteiger partial charge in [0.15, 0.2) is 0 Å². The highest BCUT2D eigenvalue weighted by molar-refractivity contribution is 6.32. The molecule has 4 rings (SSSR count). The number of para-hydroxylation sites is 3. The summed E-state index contributed by atoms with van der Waals surface area (Å²) in [5.41, 5.74) is 3.49. The van der Waals surface area contributed by atoms with Crippen molar-refractivity contribution in [1.82, 2.24) is 9.55 Å². The van der Waals surface area contributed by atoms with E-state index in [1.807, 2.05) is 36.4 Å². The van der Waals surface area contributed by atoms with Crippen LogP contribution in [-0.4, -0.2) is 9.55 Å². The quantitative estimate of drug-likeness (QED) is 0.401. The summed E-state index contributed by atoms with van der Waals surface area (Å²) >= 11 is 6.21. The van der Waals surface area contributed by atoms with Gasteiger partial charge in [-0.15, -0.1) is 0 Å². The molecule has 1 heterocycles. The van der Waals surface area contributed by atoms with Crippen molar-refractivity contribution in [1.29, 1.82) is 0 Å². The number of aromatic nitrogens is 2. The Morgan fingerprint density at radius 1 is 0.852 bits per heavy atom.